The summed E-state index contributed by atoms with van der Waals surface area (Å²) in [5.41, 5.74) is 1.91. The van der Waals surface area contributed by atoms with E-state index in [0.29, 0.717) is 60.9 Å². The lowest BCUT2D eigenvalue weighted by atomic mass is 10.2. The number of ether oxygens (including phenoxy) is 1. The van der Waals surface area contributed by atoms with Gasteiger partial charge in [0, 0.05) is 29.7 Å². The van der Waals surface area contributed by atoms with Crippen LogP contribution in [0.4, 0.5) is 5.69 Å². The van der Waals surface area contributed by atoms with Gasteiger partial charge >= 0.3 is 5.56 Å². The van der Waals surface area contributed by atoms with Gasteiger partial charge in [0.1, 0.15) is 22.4 Å². The Kier molecular flexibility index (Phi) is 7.94. The van der Waals surface area contributed by atoms with Crippen LogP contribution >= 0.6 is 23.2 Å². The molecule has 3 heterocycles. The predicted molar refractivity (Wildman–Crippen MR) is 146 cm³/mol. The Balaban J connectivity index is 1.29. The quantitative estimate of drug-likeness (QED) is 0.312. The third-order valence-corrected chi connectivity index (χ3v) is 8.32. The largest absolute Gasteiger partial charge is 0.579 e. The molecule has 1 aromatic carbocycles. The molecule has 1 saturated heterocycles. The van der Waals surface area contributed by atoms with Gasteiger partial charge in [0.15, 0.2) is 0 Å². The number of piperazine rings is 1. The molecule has 1 atom stereocenters. The molecule has 37 heavy (non-hydrogen) atoms. The standard InChI is InChI=1S/C25H28Cl2N6O3S/c1-25(7-8-25)17-36-23-21(16-29-33(24(23)34)20-4-2-3-19(26)13-20)31-9-11-32(12-10-31)37(35)30-15-18-5-6-22(27)28-14-18/h2-6,13-14,16,30H,7-12,15,17H2,1H3. The van der Waals surface area contributed by atoms with Gasteiger partial charge in [-0.1, -0.05) is 42.3 Å². The second-order valence-corrected chi connectivity index (χ2v) is 11.8. The van der Waals surface area contributed by atoms with Crippen LogP contribution in [0.3, 0.4) is 0 Å². The molecule has 2 aliphatic rings. The van der Waals surface area contributed by atoms with E-state index >= 15 is 0 Å². The summed E-state index contributed by atoms with van der Waals surface area (Å²) in [7, 11) is 0. The van der Waals surface area contributed by atoms with Gasteiger partial charge in [0.05, 0.1) is 38.1 Å². The highest BCUT2D eigenvalue weighted by atomic mass is 35.5. The van der Waals surface area contributed by atoms with Gasteiger partial charge in [-0.3, -0.25) is 4.79 Å². The highest BCUT2D eigenvalue weighted by Gasteiger charge is 2.39. The van der Waals surface area contributed by atoms with Crippen molar-refractivity contribution in [2.75, 3.05) is 37.7 Å². The second kappa shape index (κ2) is 11.2. The molecule has 0 spiro atoms. The first-order valence-electron chi connectivity index (χ1n) is 12.1. The van der Waals surface area contributed by atoms with Crippen LogP contribution in [0.25, 0.3) is 5.69 Å². The molecular weight excluding hydrogens is 535 g/mol. The average Bonchev–Trinajstić information content (AvgIpc) is 3.64. The zero-order valence-electron chi connectivity index (χ0n) is 20.4. The minimum Gasteiger partial charge on any atom is -0.579 e. The maximum atomic E-state index is 13.5. The fourth-order valence-corrected chi connectivity index (χ4v) is 5.29. The third kappa shape index (κ3) is 6.39. The SMILES string of the molecule is CC1(COc2c(N3CCN([S+]([O-])NCc4ccc(Cl)nc4)CC3)cnn(-c3cccc(Cl)c3)c2=O)CC1. The molecule has 1 aliphatic carbocycles. The third-order valence-electron chi connectivity index (χ3n) is 6.64. The summed E-state index contributed by atoms with van der Waals surface area (Å²) in [5, 5.41) is 5.37. The first-order chi connectivity index (χ1) is 17.8. The van der Waals surface area contributed by atoms with Crippen LogP contribution in [0.2, 0.25) is 10.2 Å². The van der Waals surface area contributed by atoms with Crippen molar-refractivity contribution in [2.24, 2.45) is 5.41 Å². The molecule has 12 heteroatoms. The molecule has 3 aromatic rings. The van der Waals surface area contributed by atoms with Gasteiger partial charge in [0.2, 0.25) is 5.75 Å². The Labute approximate surface area is 228 Å². The number of benzene rings is 1. The van der Waals surface area contributed by atoms with Crippen LogP contribution < -0.4 is 19.9 Å². The first kappa shape index (κ1) is 26.3. The Hall–Kier alpha value is -2.34. The molecule has 0 bridgehead atoms. The number of pyridine rings is 1. The van der Waals surface area contributed by atoms with Crippen molar-refractivity contribution >= 4 is 40.4 Å². The van der Waals surface area contributed by atoms with Crippen LogP contribution in [0.15, 0.2) is 53.6 Å². The minimum absolute atomic E-state index is 0.106. The van der Waals surface area contributed by atoms with E-state index in [1.165, 1.54) is 4.68 Å². The van der Waals surface area contributed by atoms with Crippen LogP contribution in [-0.4, -0.2) is 56.4 Å². The monoisotopic (exact) mass is 562 g/mol. The lowest BCUT2D eigenvalue weighted by Crippen LogP contribution is -2.52. The van der Waals surface area contributed by atoms with E-state index in [9.17, 15) is 9.35 Å². The highest BCUT2D eigenvalue weighted by Crippen LogP contribution is 2.45. The smallest absolute Gasteiger partial charge is 0.316 e. The summed E-state index contributed by atoms with van der Waals surface area (Å²) < 4.78 is 25.2. The molecule has 5 rings (SSSR count). The van der Waals surface area contributed by atoms with E-state index in [-0.39, 0.29) is 16.7 Å². The van der Waals surface area contributed by atoms with Gasteiger partial charge in [-0.05, 0) is 42.7 Å². The number of halogens is 2. The zero-order chi connectivity index (χ0) is 26.0. The number of hydrogen-bond acceptors (Lipinski definition) is 8. The molecular formula is C25H28Cl2N6O3S. The molecule has 2 fully saturated rings. The van der Waals surface area contributed by atoms with E-state index in [4.69, 9.17) is 27.9 Å². The average molecular weight is 564 g/mol. The number of hydrogen-bond donors (Lipinski definition) is 1. The maximum Gasteiger partial charge on any atom is 0.316 e. The summed E-state index contributed by atoms with van der Waals surface area (Å²) >= 11 is 10.6. The molecule has 1 unspecified atom stereocenters. The number of aromatic nitrogens is 3. The molecule has 196 valence electrons. The normalized spacial score (nSPS) is 18.0. The molecule has 1 aliphatic heterocycles. The van der Waals surface area contributed by atoms with Crippen LogP contribution in [0.1, 0.15) is 25.3 Å². The highest BCUT2D eigenvalue weighted by molar-refractivity contribution is 7.87. The van der Waals surface area contributed by atoms with Gasteiger partial charge in [-0.25, -0.2) is 4.98 Å². The molecule has 1 saturated carbocycles. The van der Waals surface area contributed by atoms with Crippen molar-refractivity contribution in [3.8, 4) is 11.4 Å². The van der Waals surface area contributed by atoms with Crippen LogP contribution in [0, 0.1) is 5.41 Å². The summed E-state index contributed by atoms with van der Waals surface area (Å²) in [6, 6.07) is 10.6. The fraction of sp³-hybridized carbons (Fsp3) is 0.400. The van der Waals surface area contributed by atoms with E-state index in [1.54, 1.807) is 42.7 Å². The fourth-order valence-electron chi connectivity index (χ4n) is 4.03. The summed E-state index contributed by atoms with van der Waals surface area (Å²) in [5.74, 6) is 0.283. The van der Waals surface area contributed by atoms with Crippen molar-refractivity contribution in [3.05, 3.63) is 74.9 Å². The van der Waals surface area contributed by atoms with E-state index in [1.807, 2.05) is 10.4 Å². The van der Waals surface area contributed by atoms with Crippen molar-refractivity contribution < 1.29 is 9.29 Å². The van der Waals surface area contributed by atoms with Crippen molar-refractivity contribution in [1.29, 1.82) is 0 Å². The lowest BCUT2D eigenvalue weighted by molar-refractivity contribution is 0.242. The van der Waals surface area contributed by atoms with E-state index < -0.39 is 11.5 Å². The van der Waals surface area contributed by atoms with Gasteiger partial charge < -0.3 is 14.2 Å². The van der Waals surface area contributed by atoms with Crippen molar-refractivity contribution in [3.63, 3.8) is 0 Å². The Morgan fingerprint density at radius 2 is 1.92 bits per heavy atom. The molecule has 2 aromatic heterocycles. The summed E-state index contributed by atoms with van der Waals surface area (Å²) in [4.78, 5) is 19.6. The van der Waals surface area contributed by atoms with Crippen molar-refractivity contribution in [1.82, 2.24) is 23.8 Å². The minimum atomic E-state index is -1.36. The first-order valence-corrected chi connectivity index (χ1v) is 13.9. The number of nitrogens with zero attached hydrogens (tertiary/aromatic N) is 5. The molecule has 0 amide bonds. The van der Waals surface area contributed by atoms with Crippen LogP contribution in [-0.2, 0) is 18.1 Å². The molecule has 0 radical (unpaired) electrons. The Morgan fingerprint density at radius 1 is 1.14 bits per heavy atom. The second-order valence-electron chi connectivity index (χ2n) is 9.63. The van der Waals surface area contributed by atoms with Crippen LogP contribution in [0.5, 0.6) is 5.75 Å². The predicted octanol–water partition coefficient (Wildman–Crippen LogP) is 3.60. The zero-order valence-corrected chi connectivity index (χ0v) is 22.7. The summed E-state index contributed by atoms with van der Waals surface area (Å²) in [6.45, 7) is 5.30. The summed E-state index contributed by atoms with van der Waals surface area (Å²) in [6.07, 6.45) is 5.50. The lowest BCUT2D eigenvalue weighted by Gasteiger charge is -2.35. The van der Waals surface area contributed by atoms with E-state index in [0.717, 1.165) is 18.4 Å². The number of nitrogens with one attached hydrogen (secondary N) is 1. The Bertz CT molecular complexity index is 1300. The van der Waals surface area contributed by atoms with Gasteiger partial charge in [0.25, 0.3) is 0 Å². The Morgan fingerprint density at radius 3 is 2.59 bits per heavy atom. The van der Waals surface area contributed by atoms with Gasteiger partial charge in [-0.15, -0.1) is 9.03 Å². The van der Waals surface area contributed by atoms with Crippen molar-refractivity contribution in [2.45, 2.75) is 26.3 Å². The molecule has 9 nitrogen and oxygen atoms in total. The number of rotatable bonds is 9. The van der Waals surface area contributed by atoms with E-state index in [2.05, 4.69) is 26.6 Å². The van der Waals surface area contributed by atoms with Gasteiger partial charge in [-0.2, -0.15) is 9.78 Å². The molecule has 1 N–H and O–H groups in total. The number of anilines is 1. The topological polar surface area (TPSA) is 98.6 Å². The maximum absolute atomic E-state index is 13.5.